The summed E-state index contributed by atoms with van der Waals surface area (Å²) < 4.78 is 11.0. The minimum absolute atomic E-state index is 0.165. The first-order chi connectivity index (χ1) is 19.2. The van der Waals surface area contributed by atoms with Crippen LogP contribution >= 0.6 is 0 Å². The van der Waals surface area contributed by atoms with E-state index >= 15 is 0 Å². The van der Waals surface area contributed by atoms with Crippen molar-refractivity contribution in [1.82, 2.24) is 0 Å². The van der Waals surface area contributed by atoms with Crippen molar-refractivity contribution in [2.45, 2.75) is 200 Å². The Morgan fingerprint density at radius 2 is 0.846 bits per heavy atom. The van der Waals surface area contributed by atoms with Crippen molar-refractivity contribution < 1.29 is 19.4 Å². The summed E-state index contributed by atoms with van der Waals surface area (Å²) in [6.07, 6.45) is 35.9. The quantitative estimate of drug-likeness (QED) is 0.0647. The van der Waals surface area contributed by atoms with E-state index in [0.29, 0.717) is 19.6 Å². The molecule has 0 aliphatic heterocycles. The highest BCUT2D eigenvalue weighted by Gasteiger charge is 2.13. The van der Waals surface area contributed by atoms with Gasteiger partial charge in [-0.2, -0.15) is 0 Å². The topological polar surface area (TPSA) is 55.8 Å². The van der Waals surface area contributed by atoms with Crippen LogP contribution in [0.2, 0.25) is 0 Å². The number of carbonyl (C=O) groups is 1. The van der Waals surface area contributed by atoms with Gasteiger partial charge >= 0.3 is 5.97 Å². The lowest BCUT2D eigenvalue weighted by molar-refractivity contribution is -0.154. The van der Waals surface area contributed by atoms with Gasteiger partial charge in [0.05, 0.1) is 13.2 Å². The fourth-order valence-corrected chi connectivity index (χ4v) is 5.27. The van der Waals surface area contributed by atoms with E-state index in [1.165, 1.54) is 154 Å². The molecule has 0 aliphatic rings. The molecule has 0 bridgehead atoms. The summed E-state index contributed by atoms with van der Waals surface area (Å²) in [7, 11) is 0. The number of aliphatic hydroxyl groups is 1. The fourth-order valence-electron chi connectivity index (χ4n) is 5.27. The molecule has 0 aromatic heterocycles. The third-order valence-electron chi connectivity index (χ3n) is 7.93. The second-order valence-electron chi connectivity index (χ2n) is 12.0. The average molecular weight is 555 g/mol. The molecule has 0 saturated carbocycles. The first-order valence-electron chi connectivity index (χ1n) is 17.6. The number of carbonyl (C=O) groups excluding carboxylic acids is 1. The molecule has 4 nitrogen and oxygen atoms in total. The molecular formula is C35H70O4. The Balaban J connectivity index is 3.31. The Bertz CT molecular complexity index is 468. The summed E-state index contributed by atoms with van der Waals surface area (Å²) in [6, 6.07) is 0. The van der Waals surface area contributed by atoms with Crippen LogP contribution in [0.3, 0.4) is 0 Å². The monoisotopic (exact) mass is 555 g/mol. The normalized spacial score (nSPS) is 12.2. The zero-order chi connectivity index (χ0) is 28.5. The first-order valence-corrected chi connectivity index (χ1v) is 17.6. The third kappa shape index (κ3) is 31.8. The Morgan fingerprint density at radius 3 is 1.21 bits per heavy atom. The highest BCUT2D eigenvalue weighted by atomic mass is 16.6. The van der Waals surface area contributed by atoms with E-state index in [1.807, 2.05) is 0 Å². The number of rotatable bonds is 33. The van der Waals surface area contributed by atoms with Crippen molar-refractivity contribution in [3.63, 3.8) is 0 Å². The summed E-state index contributed by atoms with van der Waals surface area (Å²) >= 11 is 0. The maximum absolute atomic E-state index is 12.0. The summed E-state index contributed by atoms with van der Waals surface area (Å²) in [4.78, 5) is 12.0. The number of esters is 1. The van der Waals surface area contributed by atoms with Crippen LogP contribution in [0.5, 0.6) is 0 Å². The van der Waals surface area contributed by atoms with Crippen molar-refractivity contribution >= 4 is 5.97 Å². The van der Waals surface area contributed by atoms with Crippen LogP contribution in [0.25, 0.3) is 0 Å². The van der Waals surface area contributed by atoms with Gasteiger partial charge in [-0.3, -0.25) is 4.79 Å². The van der Waals surface area contributed by atoms with E-state index < -0.39 is 6.10 Å². The molecule has 0 aliphatic carbocycles. The van der Waals surface area contributed by atoms with Crippen LogP contribution in [0, 0.1) is 0 Å². The van der Waals surface area contributed by atoms with E-state index in [1.54, 1.807) is 0 Å². The fraction of sp³-hybridized carbons (Fsp3) is 0.971. The van der Waals surface area contributed by atoms with Gasteiger partial charge in [0, 0.05) is 13.0 Å². The molecule has 0 aromatic carbocycles. The maximum atomic E-state index is 12.0. The van der Waals surface area contributed by atoms with E-state index in [-0.39, 0.29) is 12.6 Å². The Labute approximate surface area is 244 Å². The first kappa shape index (κ1) is 38.4. The summed E-state index contributed by atoms with van der Waals surface area (Å²) in [5.41, 5.74) is 0. The number of aliphatic hydroxyl groups excluding tert-OH is 1. The Morgan fingerprint density at radius 1 is 0.513 bits per heavy atom. The zero-order valence-corrected chi connectivity index (χ0v) is 26.7. The Kier molecular flexibility index (Phi) is 33.1. The lowest BCUT2D eigenvalue weighted by Gasteiger charge is -2.15. The standard InChI is InChI=1S/C35H70O4/c1-3-5-7-9-11-12-13-14-15-16-17-18-19-20-21-22-23-25-27-29-31-38-33-34(32-36)39-35(37)30-28-26-24-10-8-6-4-2/h34,36H,3-33H2,1-2H3. The van der Waals surface area contributed by atoms with Crippen molar-refractivity contribution in [3.05, 3.63) is 0 Å². The van der Waals surface area contributed by atoms with Gasteiger partial charge in [0.2, 0.25) is 0 Å². The summed E-state index contributed by atoms with van der Waals surface area (Å²) in [5.74, 6) is -0.204. The molecule has 1 unspecified atom stereocenters. The molecule has 234 valence electrons. The molecule has 0 amide bonds. The lowest BCUT2D eigenvalue weighted by atomic mass is 10.0. The van der Waals surface area contributed by atoms with Gasteiger partial charge in [-0.1, -0.05) is 174 Å². The molecule has 0 saturated heterocycles. The highest BCUT2D eigenvalue weighted by Crippen LogP contribution is 2.15. The molecule has 1 atom stereocenters. The number of hydrogen-bond donors (Lipinski definition) is 1. The second kappa shape index (κ2) is 33.6. The smallest absolute Gasteiger partial charge is 0.306 e. The third-order valence-corrected chi connectivity index (χ3v) is 7.93. The van der Waals surface area contributed by atoms with Crippen LogP contribution in [-0.2, 0) is 14.3 Å². The van der Waals surface area contributed by atoms with Crippen LogP contribution in [0.1, 0.15) is 194 Å². The van der Waals surface area contributed by atoms with Crippen molar-refractivity contribution in [2.24, 2.45) is 0 Å². The molecule has 0 aromatic rings. The van der Waals surface area contributed by atoms with Crippen molar-refractivity contribution in [1.29, 1.82) is 0 Å². The zero-order valence-electron chi connectivity index (χ0n) is 26.7. The maximum Gasteiger partial charge on any atom is 0.306 e. The van der Waals surface area contributed by atoms with Gasteiger partial charge < -0.3 is 14.6 Å². The van der Waals surface area contributed by atoms with Crippen LogP contribution in [-0.4, -0.2) is 37.0 Å². The second-order valence-corrected chi connectivity index (χ2v) is 12.0. The highest BCUT2D eigenvalue weighted by molar-refractivity contribution is 5.69. The molecule has 0 heterocycles. The van der Waals surface area contributed by atoms with E-state index in [2.05, 4.69) is 13.8 Å². The van der Waals surface area contributed by atoms with Crippen LogP contribution < -0.4 is 0 Å². The largest absolute Gasteiger partial charge is 0.457 e. The minimum atomic E-state index is -0.521. The minimum Gasteiger partial charge on any atom is -0.457 e. The molecular weight excluding hydrogens is 484 g/mol. The predicted molar refractivity (Wildman–Crippen MR) is 168 cm³/mol. The van der Waals surface area contributed by atoms with E-state index in [4.69, 9.17) is 9.47 Å². The summed E-state index contributed by atoms with van der Waals surface area (Å²) in [6.45, 7) is 5.34. The number of hydrogen-bond acceptors (Lipinski definition) is 4. The molecule has 39 heavy (non-hydrogen) atoms. The van der Waals surface area contributed by atoms with Gasteiger partial charge in [-0.25, -0.2) is 0 Å². The average Bonchev–Trinajstić information content (AvgIpc) is 2.94. The van der Waals surface area contributed by atoms with Crippen LogP contribution in [0.15, 0.2) is 0 Å². The number of unbranched alkanes of at least 4 members (excludes halogenated alkanes) is 25. The van der Waals surface area contributed by atoms with E-state index in [0.717, 1.165) is 19.3 Å². The van der Waals surface area contributed by atoms with E-state index in [9.17, 15) is 9.90 Å². The summed E-state index contributed by atoms with van der Waals surface area (Å²) in [5, 5.41) is 9.48. The molecule has 0 spiro atoms. The van der Waals surface area contributed by atoms with Crippen molar-refractivity contribution in [2.75, 3.05) is 19.8 Å². The van der Waals surface area contributed by atoms with Crippen molar-refractivity contribution in [3.8, 4) is 0 Å². The molecule has 1 N–H and O–H groups in total. The molecule has 0 fully saturated rings. The molecule has 0 rings (SSSR count). The Hall–Kier alpha value is -0.610. The van der Waals surface area contributed by atoms with Gasteiger partial charge in [-0.05, 0) is 12.8 Å². The van der Waals surface area contributed by atoms with Crippen LogP contribution in [0.4, 0.5) is 0 Å². The van der Waals surface area contributed by atoms with Gasteiger partial charge in [0.15, 0.2) is 0 Å². The lowest BCUT2D eigenvalue weighted by Crippen LogP contribution is -2.27. The van der Waals surface area contributed by atoms with Gasteiger partial charge in [-0.15, -0.1) is 0 Å². The molecule has 0 radical (unpaired) electrons. The predicted octanol–water partition coefficient (Wildman–Crippen LogP) is 10.9. The SMILES string of the molecule is CCCCCCCCCCCCCCCCCCCCCCOCC(CO)OC(=O)CCCCCCCCC. The van der Waals surface area contributed by atoms with Gasteiger partial charge in [0.1, 0.15) is 6.10 Å². The van der Waals surface area contributed by atoms with Gasteiger partial charge in [0.25, 0.3) is 0 Å². The molecule has 4 heteroatoms. The number of ether oxygens (including phenoxy) is 2.